The van der Waals surface area contributed by atoms with Crippen LogP contribution in [-0.4, -0.2) is 51.2 Å². The lowest BCUT2D eigenvalue weighted by molar-refractivity contribution is 0.650. The summed E-state index contributed by atoms with van der Waals surface area (Å²) in [6, 6.07) is 10.8. The van der Waals surface area contributed by atoms with Crippen LogP contribution in [-0.2, 0) is 0 Å². The van der Waals surface area contributed by atoms with Gasteiger partial charge in [-0.05, 0) is 25.3 Å². The first-order valence-electron chi connectivity index (χ1n) is 6.90. The molecule has 20 heavy (non-hydrogen) atoms. The SMILES string of the molecule is CN=C(NCCSC)NCC(C)N(C)c1ccccc1. The number of benzene rings is 1. The fourth-order valence-electron chi connectivity index (χ4n) is 1.79. The molecular weight excluding hydrogens is 268 g/mol. The number of para-hydroxylation sites is 1. The molecule has 0 saturated heterocycles. The highest BCUT2D eigenvalue weighted by atomic mass is 32.2. The van der Waals surface area contributed by atoms with Gasteiger partial charge in [0, 0.05) is 44.7 Å². The van der Waals surface area contributed by atoms with Gasteiger partial charge in [0.1, 0.15) is 0 Å². The third-order valence-corrected chi connectivity index (χ3v) is 3.82. The van der Waals surface area contributed by atoms with E-state index in [1.54, 1.807) is 7.05 Å². The van der Waals surface area contributed by atoms with Gasteiger partial charge in [-0.2, -0.15) is 11.8 Å². The van der Waals surface area contributed by atoms with Crippen LogP contribution in [0.4, 0.5) is 5.69 Å². The van der Waals surface area contributed by atoms with Crippen molar-refractivity contribution in [3.63, 3.8) is 0 Å². The Morgan fingerprint density at radius 2 is 2.00 bits per heavy atom. The number of nitrogens with zero attached hydrogens (tertiary/aromatic N) is 2. The molecule has 0 aliphatic carbocycles. The fraction of sp³-hybridized carbons (Fsp3) is 0.533. The summed E-state index contributed by atoms with van der Waals surface area (Å²) < 4.78 is 0. The second-order valence-corrected chi connectivity index (χ2v) is 5.65. The third kappa shape index (κ3) is 5.74. The number of aliphatic imine (C=N–C) groups is 1. The summed E-state index contributed by atoms with van der Waals surface area (Å²) in [5.41, 5.74) is 1.23. The van der Waals surface area contributed by atoms with E-state index >= 15 is 0 Å². The van der Waals surface area contributed by atoms with E-state index < -0.39 is 0 Å². The monoisotopic (exact) mass is 294 g/mol. The summed E-state index contributed by atoms with van der Waals surface area (Å²) in [4.78, 5) is 6.50. The van der Waals surface area contributed by atoms with E-state index in [-0.39, 0.29) is 0 Å². The van der Waals surface area contributed by atoms with Crippen LogP contribution in [0.1, 0.15) is 6.92 Å². The van der Waals surface area contributed by atoms with Crippen LogP contribution in [0.5, 0.6) is 0 Å². The molecule has 112 valence electrons. The minimum atomic E-state index is 0.386. The molecule has 0 heterocycles. The largest absolute Gasteiger partial charge is 0.370 e. The Morgan fingerprint density at radius 1 is 1.30 bits per heavy atom. The van der Waals surface area contributed by atoms with Gasteiger partial charge in [0.15, 0.2) is 5.96 Å². The second-order valence-electron chi connectivity index (χ2n) is 4.67. The first-order chi connectivity index (χ1) is 9.69. The normalized spacial score (nSPS) is 12.9. The number of anilines is 1. The van der Waals surface area contributed by atoms with Gasteiger partial charge in [0.2, 0.25) is 0 Å². The maximum atomic E-state index is 4.23. The maximum absolute atomic E-state index is 4.23. The lowest BCUT2D eigenvalue weighted by atomic mass is 10.2. The number of hydrogen-bond acceptors (Lipinski definition) is 3. The zero-order chi connectivity index (χ0) is 14.8. The number of rotatable bonds is 7. The molecule has 1 aromatic rings. The molecule has 0 amide bonds. The van der Waals surface area contributed by atoms with Gasteiger partial charge in [-0.15, -0.1) is 0 Å². The Hall–Kier alpha value is -1.36. The predicted molar refractivity (Wildman–Crippen MR) is 92.1 cm³/mol. The van der Waals surface area contributed by atoms with Crippen LogP contribution >= 0.6 is 11.8 Å². The summed E-state index contributed by atoms with van der Waals surface area (Å²) in [6.45, 7) is 3.99. The van der Waals surface area contributed by atoms with Gasteiger partial charge in [-0.1, -0.05) is 18.2 Å². The Bertz CT molecular complexity index is 394. The second kappa shape index (κ2) is 9.53. The number of likely N-dealkylation sites (N-methyl/N-ethyl adjacent to an activating group) is 1. The van der Waals surface area contributed by atoms with E-state index in [0.29, 0.717) is 6.04 Å². The summed E-state index contributed by atoms with van der Waals surface area (Å²) >= 11 is 1.83. The zero-order valence-corrected chi connectivity index (χ0v) is 13.7. The topological polar surface area (TPSA) is 39.7 Å². The van der Waals surface area contributed by atoms with E-state index in [4.69, 9.17) is 0 Å². The van der Waals surface area contributed by atoms with E-state index in [1.165, 1.54) is 5.69 Å². The van der Waals surface area contributed by atoms with E-state index in [0.717, 1.165) is 24.8 Å². The molecular formula is C15H26N4S. The van der Waals surface area contributed by atoms with E-state index in [2.05, 4.69) is 65.0 Å². The first kappa shape index (κ1) is 16.7. The average molecular weight is 294 g/mol. The van der Waals surface area contributed by atoms with Crippen molar-refractivity contribution in [1.82, 2.24) is 10.6 Å². The van der Waals surface area contributed by atoms with Crippen LogP contribution in [0.25, 0.3) is 0 Å². The molecule has 0 aliphatic heterocycles. The lowest BCUT2D eigenvalue weighted by Crippen LogP contribution is -2.45. The van der Waals surface area contributed by atoms with Crippen molar-refractivity contribution in [2.24, 2.45) is 4.99 Å². The summed E-state index contributed by atoms with van der Waals surface area (Å²) in [6.07, 6.45) is 2.11. The van der Waals surface area contributed by atoms with Gasteiger partial charge in [0.25, 0.3) is 0 Å². The summed E-state index contributed by atoms with van der Waals surface area (Å²) in [5.74, 6) is 1.95. The van der Waals surface area contributed by atoms with Gasteiger partial charge >= 0.3 is 0 Å². The molecule has 0 spiro atoms. The molecule has 0 aliphatic rings. The number of thioether (sulfide) groups is 1. The van der Waals surface area contributed by atoms with Crippen molar-refractivity contribution in [3.8, 4) is 0 Å². The lowest BCUT2D eigenvalue weighted by Gasteiger charge is -2.27. The van der Waals surface area contributed by atoms with Crippen molar-refractivity contribution in [2.45, 2.75) is 13.0 Å². The van der Waals surface area contributed by atoms with E-state index in [9.17, 15) is 0 Å². The van der Waals surface area contributed by atoms with Crippen molar-refractivity contribution in [1.29, 1.82) is 0 Å². The van der Waals surface area contributed by atoms with Crippen LogP contribution in [0.15, 0.2) is 35.3 Å². The highest BCUT2D eigenvalue weighted by Crippen LogP contribution is 2.13. The van der Waals surface area contributed by atoms with Crippen molar-refractivity contribution in [3.05, 3.63) is 30.3 Å². The van der Waals surface area contributed by atoms with Crippen LogP contribution in [0.3, 0.4) is 0 Å². The molecule has 4 nitrogen and oxygen atoms in total. The van der Waals surface area contributed by atoms with Gasteiger partial charge < -0.3 is 15.5 Å². The van der Waals surface area contributed by atoms with Crippen LogP contribution in [0, 0.1) is 0 Å². The Balaban J connectivity index is 2.40. The molecule has 0 saturated carbocycles. The number of nitrogens with one attached hydrogen (secondary N) is 2. The number of hydrogen-bond donors (Lipinski definition) is 2. The van der Waals surface area contributed by atoms with Crippen molar-refractivity contribution >= 4 is 23.4 Å². The summed E-state index contributed by atoms with van der Waals surface area (Å²) in [5, 5.41) is 6.67. The molecule has 1 atom stereocenters. The van der Waals surface area contributed by atoms with E-state index in [1.807, 2.05) is 17.8 Å². The maximum Gasteiger partial charge on any atom is 0.191 e. The molecule has 0 aromatic heterocycles. The standard InChI is InChI=1S/C15H26N4S/c1-13(19(3)14-8-6-5-7-9-14)12-18-15(16-2)17-10-11-20-4/h5-9,13H,10-12H2,1-4H3,(H2,16,17,18). The highest BCUT2D eigenvalue weighted by Gasteiger charge is 2.10. The zero-order valence-electron chi connectivity index (χ0n) is 12.9. The Labute approximate surface area is 127 Å². The quantitative estimate of drug-likeness (QED) is 0.459. The van der Waals surface area contributed by atoms with Crippen LogP contribution in [0.2, 0.25) is 0 Å². The van der Waals surface area contributed by atoms with Crippen molar-refractivity contribution < 1.29 is 0 Å². The Kier molecular flexibility index (Phi) is 7.95. The Morgan fingerprint density at radius 3 is 2.60 bits per heavy atom. The molecule has 1 aromatic carbocycles. The molecule has 1 rings (SSSR count). The molecule has 5 heteroatoms. The average Bonchev–Trinajstić information content (AvgIpc) is 2.50. The molecule has 0 bridgehead atoms. The first-order valence-corrected chi connectivity index (χ1v) is 8.29. The van der Waals surface area contributed by atoms with Crippen molar-refractivity contribution in [2.75, 3.05) is 44.1 Å². The predicted octanol–water partition coefficient (Wildman–Crippen LogP) is 2.04. The minimum absolute atomic E-state index is 0.386. The minimum Gasteiger partial charge on any atom is -0.370 e. The molecule has 2 N–H and O–H groups in total. The molecule has 0 radical (unpaired) electrons. The smallest absolute Gasteiger partial charge is 0.191 e. The molecule has 1 unspecified atom stereocenters. The van der Waals surface area contributed by atoms with Gasteiger partial charge in [-0.3, -0.25) is 4.99 Å². The molecule has 0 fully saturated rings. The summed E-state index contributed by atoms with van der Waals surface area (Å²) in [7, 11) is 3.92. The fourth-order valence-corrected chi connectivity index (χ4v) is 2.10. The third-order valence-electron chi connectivity index (χ3n) is 3.21. The van der Waals surface area contributed by atoms with Gasteiger partial charge in [0.05, 0.1) is 0 Å². The highest BCUT2D eigenvalue weighted by molar-refractivity contribution is 7.98. The van der Waals surface area contributed by atoms with Gasteiger partial charge in [-0.25, -0.2) is 0 Å². The number of guanidine groups is 1. The van der Waals surface area contributed by atoms with Crippen LogP contribution < -0.4 is 15.5 Å².